The summed E-state index contributed by atoms with van der Waals surface area (Å²) in [5.41, 5.74) is 1.99. The van der Waals surface area contributed by atoms with Crippen LogP contribution in [-0.4, -0.2) is 26.8 Å². The molecule has 0 aliphatic rings. The van der Waals surface area contributed by atoms with Gasteiger partial charge in [0.2, 0.25) is 0 Å². The minimum atomic E-state index is -0.400. The number of benzene rings is 1. The van der Waals surface area contributed by atoms with Gasteiger partial charge >= 0.3 is 0 Å². The van der Waals surface area contributed by atoms with Gasteiger partial charge in [-0.1, -0.05) is 6.07 Å². The molecule has 0 fully saturated rings. The average molecular weight is 329 g/mol. The van der Waals surface area contributed by atoms with Gasteiger partial charge in [-0.05, 0) is 36.6 Å². The fourth-order valence-corrected chi connectivity index (χ4v) is 3.09. The SMILES string of the molecule is C[C@H](Cc1cnc[nH]1)N=C(c1cccs1)c1cc(F)ccc1O. The zero-order valence-corrected chi connectivity index (χ0v) is 13.3. The van der Waals surface area contributed by atoms with Crippen molar-refractivity contribution < 1.29 is 9.50 Å². The van der Waals surface area contributed by atoms with Gasteiger partial charge in [0, 0.05) is 23.9 Å². The summed E-state index contributed by atoms with van der Waals surface area (Å²) in [7, 11) is 0. The predicted octanol–water partition coefficient (Wildman–Crippen LogP) is 3.78. The number of halogens is 1. The fourth-order valence-electron chi connectivity index (χ4n) is 2.36. The lowest BCUT2D eigenvalue weighted by atomic mass is 10.1. The van der Waals surface area contributed by atoms with Gasteiger partial charge < -0.3 is 10.1 Å². The van der Waals surface area contributed by atoms with E-state index in [1.807, 2.05) is 24.4 Å². The molecule has 1 aromatic carbocycles. The Morgan fingerprint density at radius 1 is 1.43 bits per heavy atom. The minimum Gasteiger partial charge on any atom is -0.507 e. The normalized spacial score (nSPS) is 13.2. The number of nitrogens with one attached hydrogen (secondary N) is 1. The number of rotatable bonds is 5. The topological polar surface area (TPSA) is 61.3 Å². The Morgan fingerprint density at radius 2 is 2.30 bits per heavy atom. The van der Waals surface area contributed by atoms with E-state index in [0.717, 1.165) is 10.6 Å². The van der Waals surface area contributed by atoms with Crippen LogP contribution in [0.5, 0.6) is 5.75 Å². The number of thiophene rings is 1. The zero-order chi connectivity index (χ0) is 16.2. The second-order valence-electron chi connectivity index (χ2n) is 5.25. The summed E-state index contributed by atoms with van der Waals surface area (Å²) in [4.78, 5) is 12.7. The summed E-state index contributed by atoms with van der Waals surface area (Å²) in [6.45, 7) is 1.98. The Hall–Kier alpha value is -2.47. The molecular weight excluding hydrogens is 313 g/mol. The maximum Gasteiger partial charge on any atom is 0.125 e. The molecule has 3 aromatic rings. The maximum absolute atomic E-state index is 13.6. The summed E-state index contributed by atoms with van der Waals surface area (Å²) in [5, 5.41) is 12.0. The number of hydrogen-bond donors (Lipinski definition) is 2. The number of H-pyrrole nitrogens is 1. The largest absolute Gasteiger partial charge is 0.507 e. The maximum atomic E-state index is 13.6. The number of imidazole rings is 1. The van der Waals surface area contributed by atoms with Crippen LogP contribution in [0.15, 0.2) is 53.2 Å². The van der Waals surface area contributed by atoms with Crippen molar-refractivity contribution >= 4 is 17.0 Å². The lowest BCUT2D eigenvalue weighted by Crippen LogP contribution is -2.11. The molecule has 0 aliphatic heterocycles. The highest BCUT2D eigenvalue weighted by molar-refractivity contribution is 7.12. The predicted molar refractivity (Wildman–Crippen MR) is 89.8 cm³/mol. The highest BCUT2D eigenvalue weighted by atomic mass is 32.1. The van der Waals surface area contributed by atoms with Crippen LogP contribution in [0.3, 0.4) is 0 Å². The van der Waals surface area contributed by atoms with E-state index in [1.165, 1.54) is 29.5 Å². The highest BCUT2D eigenvalue weighted by Crippen LogP contribution is 2.25. The third-order valence-corrected chi connectivity index (χ3v) is 4.26. The van der Waals surface area contributed by atoms with E-state index >= 15 is 0 Å². The van der Waals surface area contributed by atoms with Crippen molar-refractivity contribution in [3.05, 3.63) is 70.2 Å². The first-order chi connectivity index (χ1) is 11.1. The number of phenolic OH excluding ortho intramolecular Hbond substituents is 1. The summed E-state index contributed by atoms with van der Waals surface area (Å²) < 4.78 is 13.6. The van der Waals surface area contributed by atoms with Crippen molar-refractivity contribution in [2.75, 3.05) is 0 Å². The molecule has 0 unspecified atom stereocenters. The monoisotopic (exact) mass is 329 g/mol. The second-order valence-corrected chi connectivity index (χ2v) is 6.19. The molecule has 0 amide bonds. The van der Waals surface area contributed by atoms with Crippen LogP contribution in [-0.2, 0) is 6.42 Å². The van der Waals surface area contributed by atoms with Crippen LogP contribution in [0.4, 0.5) is 4.39 Å². The van der Waals surface area contributed by atoms with E-state index in [-0.39, 0.29) is 11.8 Å². The third-order valence-electron chi connectivity index (χ3n) is 3.39. The van der Waals surface area contributed by atoms with Crippen molar-refractivity contribution in [1.29, 1.82) is 0 Å². The van der Waals surface area contributed by atoms with E-state index < -0.39 is 5.82 Å². The second kappa shape index (κ2) is 6.75. The summed E-state index contributed by atoms with van der Waals surface area (Å²) >= 11 is 1.51. The quantitative estimate of drug-likeness (QED) is 0.700. The molecule has 0 spiro atoms. The minimum absolute atomic E-state index is 0.0206. The van der Waals surface area contributed by atoms with Crippen LogP contribution in [0.2, 0.25) is 0 Å². The fraction of sp³-hybridized carbons (Fsp3) is 0.176. The van der Waals surface area contributed by atoms with Crippen molar-refractivity contribution in [3.8, 4) is 5.75 Å². The van der Waals surface area contributed by atoms with Crippen LogP contribution < -0.4 is 0 Å². The number of aromatic hydroxyl groups is 1. The molecule has 6 heteroatoms. The first-order valence-electron chi connectivity index (χ1n) is 7.21. The molecule has 23 heavy (non-hydrogen) atoms. The standard InChI is InChI=1S/C17H16FN3OS/c1-11(7-13-9-19-10-20-13)21-17(16-3-2-6-23-16)14-8-12(18)4-5-15(14)22/h2-6,8-11,22H,7H2,1H3,(H,19,20)/t11-/m1/s1. The average Bonchev–Trinajstić information content (AvgIpc) is 3.21. The molecule has 0 radical (unpaired) electrons. The van der Waals surface area contributed by atoms with Crippen LogP contribution >= 0.6 is 11.3 Å². The van der Waals surface area contributed by atoms with Gasteiger partial charge in [-0.25, -0.2) is 9.37 Å². The molecule has 1 atom stereocenters. The zero-order valence-electron chi connectivity index (χ0n) is 12.5. The molecular formula is C17H16FN3OS. The molecule has 118 valence electrons. The number of nitrogens with zero attached hydrogens (tertiary/aromatic N) is 2. The van der Waals surface area contributed by atoms with Crippen molar-refractivity contribution in [3.63, 3.8) is 0 Å². The Labute approximate surface area is 137 Å². The summed E-state index contributed by atoms with van der Waals surface area (Å²) in [6, 6.07) is 7.68. The number of hydrogen-bond acceptors (Lipinski definition) is 4. The highest BCUT2D eigenvalue weighted by Gasteiger charge is 2.15. The molecule has 0 bridgehead atoms. The van der Waals surface area contributed by atoms with Crippen molar-refractivity contribution in [2.45, 2.75) is 19.4 Å². The van der Waals surface area contributed by atoms with E-state index in [2.05, 4.69) is 9.97 Å². The van der Waals surface area contributed by atoms with Gasteiger partial charge in [-0.15, -0.1) is 11.3 Å². The van der Waals surface area contributed by atoms with Gasteiger partial charge in [-0.2, -0.15) is 0 Å². The molecule has 2 aromatic heterocycles. The first kappa shape index (κ1) is 15.4. The molecule has 2 N–H and O–H groups in total. The van der Waals surface area contributed by atoms with Gasteiger partial charge in [0.1, 0.15) is 11.6 Å². The Morgan fingerprint density at radius 3 is 3.00 bits per heavy atom. The Bertz CT molecular complexity index is 797. The molecule has 4 nitrogen and oxygen atoms in total. The number of aromatic amines is 1. The molecule has 3 rings (SSSR count). The molecule has 0 saturated heterocycles. The number of phenols is 1. The molecule has 0 saturated carbocycles. The summed E-state index contributed by atoms with van der Waals surface area (Å²) in [6.07, 6.45) is 4.08. The number of aliphatic imine (C=N–C) groups is 1. The lowest BCUT2D eigenvalue weighted by Gasteiger charge is -2.11. The van der Waals surface area contributed by atoms with E-state index in [4.69, 9.17) is 4.99 Å². The van der Waals surface area contributed by atoms with E-state index in [0.29, 0.717) is 17.7 Å². The van der Waals surface area contributed by atoms with Gasteiger partial charge in [0.05, 0.1) is 23.0 Å². The van der Waals surface area contributed by atoms with E-state index in [9.17, 15) is 9.50 Å². The first-order valence-corrected chi connectivity index (χ1v) is 8.09. The Balaban J connectivity index is 1.99. The summed E-state index contributed by atoms with van der Waals surface area (Å²) in [5.74, 6) is -0.379. The smallest absolute Gasteiger partial charge is 0.125 e. The van der Waals surface area contributed by atoms with Crippen LogP contribution in [0.25, 0.3) is 0 Å². The van der Waals surface area contributed by atoms with E-state index in [1.54, 1.807) is 12.5 Å². The third kappa shape index (κ3) is 3.65. The number of aromatic nitrogens is 2. The van der Waals surface area contributed by atoms with Crippen molar-refractivity contribution in [1.82, 2.24) is 9.97 Å². The van der Waals surface area contributed by atoms with Crippen LogP contribution in [0.1, 0.15) is 23.1 Å². The Kier molecular flexibility index (Phi) is 4.52. The molecule has 0 aliphatic carbocycles. The van der Waals surface area contributed by atoms with Gasteiger partial charge in [0.15, 0.2) is 0 Å². The lowest BCUT2D eigenvalue weighted by molar-refractivity contribution is 0.472. The molecule has 2 heterocycles. The van der Waals surface area contributed by atoms with Crippen molar-refractivity contribution in [2.24, 2.45) is 4.99 Å². The van der Waals surface area contributed by atoms with Gasteiger partial charge in [0.25, 0.3) is 0 Å². The van der Waals surface area contributed by atoms with Crippen LogP contribution in [0, 0.1) is 5.82 Å². The van der Waals surface area contributed by atoms with Gasteiger partial charge in [-0.3, -0.25) is 4.99 Å².